The summed E-state index contributed by atoms with van der Waals surface area (Å²) in [6, 6.07) is 7.18. The number of benzene rings is 1. The molecule has 0 aliphatic carbocycles. The highest BCUT2D eigenvalue weighted by Crippen LogP contribution is 2.27. The number of anilines is 2. The van der Waals surface area contributed by atoms with E-state index in [0.717, 1.165) is 11.4 Å². The average Bonchev–Trinajstić information content (AvgIpc) is 2.52. The van der Waals surface area contributed by atoms with Crippen molar-refractivity contribution in [3.05, 3.63) is 40.3 Å². The maximum Gasteiger partial charge on any atom is 0.310 e. The van der Waals surface area contributed by atoms with Crippen LogP contribution in [-0.4, -0.2) is 29.7 Å². The van der Waals surface area contributed by atoms with Crippen LogP contribution in [0.3, 0.4) is 0 Å². The van der Waals surface area contributed by atoms with E-state index in [0.29, 0.717) is 11.4 Å². The number of nitrogens with zero attached hydrogens (tertiary/aromatic N) is 2. The van der Waals surface area contributed by atoms with Gasteiger partial charge in [0, 0.05) is 11.3 Å². The summed E-state index contributed by atoms with van der Waals surface area (Å²) >= 11 is 11.9. The third-order valence-corrected chi connectivity index (χ3v) is 3.39. The van der Waals surface area contributed by atoms with Crippen molar-refractivity contribution in [3.8, 4) is 5.75 Å². The maximum atomic E-state index is 11.7. The minimum absolute atomic E-state index is 0.0152. The second kappa shape index (κ2) is 7.99. The number of carbonyl (C=O) groups is 1. The molecule has 2 aromatic rings. The number of esters is 1. The van der Waals surface area contributed by atoms with Gasteiger partial charge in [0.15, 0.2) is 0 Å². The first-order valence-electron chi connectivity index (χ1n) is 6.82. The number of methoxy groups -OCH3 is 1. The fraction of sp³-hybridized carbons (Fsp3) is 0.267. The summed E-state index contributed by atoms with van der Waals surface area (Å²) in [6.45, 7) is 2.01. The van der Waals surface area contributed by atoms with Crippen molar-refractivity contribution in [2.75, 3.05) is 19.0 Å². The summed E-state index contributed by atoms with van der Waals surface area (Å²) in [4.78, 5) is 19.7. The summed E-state index contributed by atoms with van der Waals surface area (Å²) in [7, 11) is 1.59. The molecule has 0 bridgehead atoms. The SMILES string of the molecule is CCOC(=O)Cc1c(Cl)nc(Cl)nc1Nc1ccc(OC)cc1. The van der Waals surface area contributed by atoms with Crippen molar-refractivity contribution < 1.29 is 14.3 Å². The zero-order valence-corrected chi connectivity index (χ0v) is 14.1. The summed E-state index contributed by atoms with van der Waals surface area (Å²) in [5.74, 6) is 0.660. The van der Waals surface area contributed by atoms with Crippen molar-refractivity contribution in [3.63, 3.8) is 0 Å². The van der Waals surface area contributed by atoms with Crippen LogP contribution in [0, 0.1) is 0 Å². The van der Waals surface area contributed by atoms with Crippen molar-refractivity contribution in [1.29, 1.82) is 0 Å². The van der Waals surface area contributed by atoms with Crippen LogP contribution < -0.4 is 10.1 Å². The minimum Gasteiger partial charge on any atom is -0.497 e. The summed E-state index contributed by atoms with van der Waals surface area (Å²) < 4.78 is 10.0. The lowest BCUT2D eigenvalue weighted by molar-refractivity contribution is -0.142. The molecule has 8 heteroatoms. The zero-order valence-electron chi connectivity index (χ0n) is 12.6. The summed E-state index contributed by atoms with van der Waals surface area (Å²) in [5.41, 5.74) is 1.16. The molecule has 0 radical (unpaired) electrons. The van der Waals surface area contributed by atoms with Crippen molar-refractivity contribution in [2.45, 2.75) is 13.3 Å². The van der Waals surface area contributed by atoms with E-state index in [4.69, 9.17) is 32.7 Å². The van der Waals surface area contributed by atoms with E-state index in [2.05, 4.69) is 15.3 Å². The lowest BCUT2D eigenvalue weighted by Gasteiger charge is -2.12. The molecule has 2 rings (SSSR count). The first-order valence-corrected chi connectivity index (χ1v) is 7.57. The van der Waals surface area contributed by atoms with Gasteiger partial charge in [-0.2, -0.15) is 0 Å². The van der Waals surface area contributed by atoms with E-state index in [1.165, 1.54) is 0 Å². The normalized spacial score (nSPS) is 10.3. The van der Waals surface area contributed by atoms with Gasteiger partial charge in [0.2, 0.25) is 5.28 Å². The van der Waals surface area contributed by atoms with Gasteiger partial charge in [-0.05, 0) is 42.8 Å². The number of aromatic nitrogens is 2. The smallest absolute Gasteiger partial charge is 0.310 e. The fourth-order valence-electron chi connectivity index (χ4n) is 1.86. The van der Waals surface area contributed by atoms with E-state index in [1.54, 1.807) is 38.3 Å². The lowest BCUT2D eigenvalue weighted by atomic mass is 10.2. The number of ether oxygens (including phenoxy) is 2. The molecule has 1 heterocycles. The Morgan fingerprint density at radius 1 is 1.22 bits per heavy atom. The van der Waals surface area contributed by atoms with Crippen LogP contribution in [-0.2, 0) is 16.0 Å². The second-order valence-electron chi connectivity index (χ2n) is 4.45. The van der Waals surface area contributed by atoms with Crippen LogP contribution in [0.5, 0.6) is 5.75 Å². The second-order valence-corrected chi connectivity index (χ2v) is 5.14. The van der Waals surface area contributed by atoms with Gasteiger partial charge in [0.1, 0.15) is 16.7 Å². The molecule has 0 aliphatic rings. The molecule has 1 aromatic carbocycles. The highest BCUT2D eigenvalue weighted by Gasteiger charge is 2.17. The molecule has 1 aromatic heterocycles. The molecule has 122 valence electrons. The Morgan fingerprint density at radius 2 is 1.91 bits per heavy atom. The number of carbonyl (C=O) groups excluding carboxylic acids is 1. The molecule has 0 saturated carbocycles. The molecule has 0 atom stereocenters. The molecular formula is C15H15Cl2N3O3. The van der Waals surface area contributed by atoms with Gasteiger partial charge in [0.05, 0.1) is 20.1 Å². The van der Waals surface area contributed by atoms with Gasteiger partial charge in [0.25, 0.3) is 0 Å². The van der Waals surface area contributed by atoms with Crippen LogP contribution in [0.4, 0.5) is 11.5 Å². The molecule has 6 nitrogen and oxygen atoms in total. The zero-order chi connectivity index (χ0) is 16.8. The number of hydrogen-bond donors (Lipinski definition) is 1. The third-order valence-electron chi connectivity index (χ3n) is 2.91. The first kappa shape index (κ1) is 17.3. The van der Waals surface area contributed by atoms with E-state index >= 15 is 0 Å². The van der Waals surface area contributed by atoms with Gasteiger partial charge in [-0.3, -0.25) is 4.79 Å². The topological polar surface area (TPSA) is 73.3 Å². The Kier molecular flexibility index (Phi) is 6.01. The summed E-state index contributed by atoms with van der Waals surface area (Å²) in [5, 5.41) is 3.16. The fourth-order valence-corrected chi connectivity index (χ4v) is 2.31. The number of halogens is 2. The Labute approximate surface area is 143 Å². The lowest BCUT2D eigenvalue weighted by Crippen LogP contribution is -2.11. The minimum atomic E-state index is -0.418. The largest absolute Gasteiger partial charge is 0.497 e. The molecule has 0 unspecified atom stereocenters. The molecular weight excluding hydrogens is 341 g/mol. The molecule has 0 amide bonds. The quantitative estimate of drug-likeness (QED) is 0.484. The number of nitrogens with one attached hydrogen (secondary N) is 1. The van der Waals surface area contributed by atoms with Crippen molar-refractivity contribution in [2.24, 2.45) is 0 Å². The maximum absolute atomic E-state index is 11.7. The summed E-state index contributed by atoms with van der Waals surface area (Å²) in [6.07, 6.45) is -0.0532. The van der Waals surface area contributed by atoms with Crippen LogP contribution in [0.2, 0.25) is 10.4 Å². The van der Waals surface area contributed by atoms with Gasteiger partial charge in [-0.15, -0.1) is 0 Å². The standard InChI is InChI=1S/C15H15Cl2N3O3/c1-3-23-12(21)8-11-13(16)19-15(17)20-14(11)18-9-4-6-10(22-2)7-5-9/h4-7H,3,8H2,1-2H3,(H,18,19,20). The third kappa shape index (κ3) is 4.71. The van der Waals surface area contributed by atoms with Gasteiger partial charge in [-0.25, -0.2) is 9.97 Å². The van der Waals surface area contributed by atoms with Crippen LogP contribution in [0.25, 0.3) is 0 Å². The molecule has 0 aliphatic heterocycles. The number of hydrogen-bond acceptors (Lipinski definition) is 6. The van der Waals surface area contributed by atoms with Crippen molar-refractivity contribution >= 4 is 40.7 Å². The Balaban J connectivity index is 2.29. The Hall–Kier alpha value is -2.05. The van der Waals surface area contributed by atoms with E-state index in [9.17, 15) is 4.79 Å². The molecule has 0 saturated heterocycles. The van der Waals surface area contributed by atoms with Crippen LogP contribution >= 0.6 is 23.2 Å². The number of rotatable bonds is 6. The average molecular weight is 356 g/mol. The molecule has 0 fully saturated rings. The van der Waals surface area contributed by atoms with Crippen LogP contribution in [0.15, 0.2) is 24.3 Å². The predicted octanol–water partition coefficient (Wildman–Crippen LogP) is 3.64. The molecule has 23 heavy (non-hydrogen) atoms. The van der Waals surface area contributed by atoms with E-state index in [-0.39, 0.29) is 23.5 Å². The van der Waals surface area contributed by atoms with Gasteiger partial charge in [-0.1, -0.05) is 11.6 Å². The molecule has 1 N–H and O–H groups in total. The van der Waals surface area contributed by atoms with Crippen LogP contribution in [0.1, 0.15) is 12.5 Å². The van der Waals surface area contributed by atoms with E-state index in [1.807, 2.05) is 0 Å². The predicted molar refractivity (Wildman–Crippen MR) is 88.7 cm³/mol. The Bertz CT molecular complexity index is 693. The first-order chi connectivity index (χ1) is 11.0. The van der Waals surface area contributed by atoms with Crippen molar-refractivity contribution in [1.82, 2.24) is 9.97 Å². The Morgan fingerprint density at radius 3 is 2.52 bits per heavy atom. The van der Waals surface area contributed by atoms with Gasteiger partial charge >= 0.3 is 5.97 Å². The monoisotopic (exact) mass is 355 g/mol. The highest BCUT2D eigenvalue weighted by molar-refractivity contribution is 6.32. The van der Waals surface area contributed by atoms with Gasteiger partial charge < -0.3 is 14.8 Å². The molecule has 0 spiro atoms. The van der Waals surface area contributed by atoms with E-state index < -0.39 is 5.97 Å². The highest BCUT2D eigenvalue weighted by atomic mass is 35.5.